The molecule has 6 heteroatoms. The maximum absolute atomic E-state index is 13.5. The average molecular weight is 393 g/mol. The van der Waals surface area contributed by atoms with Gasteiger partial charge in [0.25, 0.3) is 5.91 Å². The predicted octanol–water partition coefficient (Wildman–Crippen LogP) is 4.77. The molecule has 0 N–H and O–H groups in total. The van der Waals surface area contributed by atoms with Gasteiger partial charge in [0.15, 0.2) is 5.82 Å². The smallest absolute Gasteiger partial charge is 0.256 e. The summed E-state index contributed by atoms with van der Waals surface area (Å²) in [6.45, 7) is 9.20. The Hall–Kier alpha value is -3.02. The van der Waals surface area contributed by atoms with E-state index in [1.807, 2.05) is 61.4 Å². The molecule has 6 nitrogen and oxygen atoms in total. The zero-order valence-corrected chi connectivity index (χ0v) is 17.4. The number of carbonyl (C=O) groups excluding carboxylic acids is 1. The normalized spacial score (nSPS) is 16.4. The molecule has 0 saturated carbocycles. The van der Waals surface area contributed by atoms with Crippen LogP contribution in [0.2, 0.25) is 0 Å². The highest BCUT2D eigenvalue weighted by Gasteiger charge is 2.32. The van der Waals surface area contributed by atoms with Gasteiger partial charge in [0.05, 0.1) is 18.2 Å². The van der Waals surface area contributed by atoms with Crippen molar-refractivity contribution in [1.82, 2.24) is 14.6 Å². The van der Waals surface area contributed by atoms with Crippen molar-refractivity contribution in [2.45, 2.75) is 46.6 Å². The summed E-state index contributed by atoms with van der Waals surface area (Å²) in [5.74, 6) is 2.39. The van der Waals surface area contributed by atoms with Crippen LogP contribution in [0.4, 0.5) is 0 Å². The number of hydrogen-bond acceptors (Lipinski definition) is 4. The minimum absolute atomic E-state index is 0.0703. The summed E-state index contributed by atoms with van der Waals surface area (Å²) in [6, 6.07) is 12.0. The Kier molecular flexibility index (Phi) is 5.18. The summed E-state index contributed by atoms with van der Waals surface area (Å²) >= 11 is 0. The maximum Gasteiger partial charge on any atom is 0.256 e. The maximum atomic E-state index is 13.5. The fourth-order valence-electron chi connectivity index (χ4n) is 4.25. The van der Waals surface area contributed by atoms with E-state index >= 15 is 0 Å². The van der Waals surface area contributed by atoms with E-state index in [2.05, 4.69) is 17.3 Å². The van der Waals surface area contributed by atoms with Crippen LogP contribution in [-0.4, -0.2) is 33.7 Å². The van der Waals surface area contributed by atoms with E-state index in [0.717, 1.165) is 53.4 Å². The first-order valence-corrected chi connectivity index (χ1v) is 10.2. The van der Waals surface area contributed by atoms with Crippen molar-refractivity contribution < 1.29 is 14.1 Å². The Labute approximate surface area is 171 Å². The Morgan fingerprint density at radius 2 is 1.97 bits per heavy atom. The summed E-state index contributed by atoms with van der Waals surface area (Å²) in [4.78, 5) is 15.5. The second kappa shape index (κ2) is 7.78. The van der Waals surface area contributed by atoms with Gasteiger partial charge in [-0.3, -0.25) is 9.36 Å². The van der Waals surface area contributed by atoms with Gasteiger partial charge in [0, 0.05) is 24.0 Å². The van der Waals surface area contributed by atoms with Crippen LogP contribution in [-0.2, 0) is 0 Å². The second-order valence-corrected chi connectivity index (χ2v) is 7.57. The minimum atomic E-state index is 0.0703. The van der Waals surface area contributed by atoms with E-state index in [1.54, 1.807) is 0 Å². The number of likely N-dealkylation sites (tertiary alicyclic amines) is 1. The lowest BCUT2D eigenvalue weighted by Gasteiger charge is -2.25. The molecule has 1 aliphatic rings. The van der Waals surface area contributed by atoms with Gasteiger partial charge in [-0.15, -0.1) is 0 Å². The first-order chi connectivity index (χ1) is 14.0. The Morgan fingerprint density at radius 3 is 2.62 bits per heavy atom. The van der Waals surface area contributed by atoms with Crippen LogP contribution >= 0.6 is 0 Å². The van der Waals surface area contributed by atoms with Crippen LogP contribution in [0.1, 0.15) is 58.9 Å². The van der Waals surface area contributed by atoms with Gasteiger partial charge in [0.1, 0.15) is 11.5 Å². The zero-order valence-electron chi connectivity index (χ0n) is 17.4. The van der Waals surface area contributed by atoms with Crippen LogP contribution in [0.15, 0.2) is 40.9 Å². The predicted molar refractivity (Wildman–Crippen MR) is 111 cm³/mol. The molecule has 1 fully saturated rings. The van der Waals surface area contributed by atoms with Gasteiger partial charge < -0.3 is 14.2 Å². The molecular weight excluding hydrogens is 366 g/mol. The third-order valence-electron chi connectivity index (χ3n) is 5.60. The molecule has 2 aromatic heterocycles. The summed E-state index contributed by atoms with van der Waals surface area (Å²) in [5, 5.41) is 4.11. The molecule has 0 spiro atoms. The van der Waals surface area contributed by atoms with Crippen molar-refractivity contribution in [3.8, 4) is 11.6 Å². The number of hydrogen-bond donors (Lipinski definition) is 0. The fourth-order valence-corrected chi connectivity index (χ4v) is 4.25. The van der Waals surface area contributed by atoms with E-state index in [0.29, 0.717) is 12.4 Å². The molecule has 0 aliphatic carbocycles. The van der Waals surface area contributed by atoms with Crippen LogP contribution < -0.4 is 4.74 Å². The summed E-state index contributed by atoms with van der Waals surface area (Å²) in [6.07, 6.45) is 1.98. The molecule has 1 atom stereocenters. The SMILES string of the molecule is CCOc1ccc(C2CCCN2C(=O)c2cc(C)n(-c3cc(C)on3)c2C)cc1. The van der Waals surface area contributed by atoms with Crippen molar-refractivity contribution in [3.63, 3.8) is 0 Å². The van der Waals surface area contributed by atoms with Gasteiger partial charge >= 0.3 is 0 Å². The molecule has 1 aromatic carbocycles. The number of nitrogens with zero attached hydrogens (tertiary/aromatic N) is 3. The first-order valence-electron chi connectivity index (χ1n) is 10.2. The highest BCUT2D eigenvalue weighted by molar-refractivity contribution is 5.96. The van der Waals surface area contributed by atoms with E-state index in [-0.39, 0.29) is 11.9 Å². The standard InChI is InChI=1S/C23H27N3O3/c1-5-28-19-10-8-18(9-11-19)21-7-6-12-25(21)23(27)20-13-15(2)26(17(20)4)22-14-16(3)29-24-22/h8-11,13-14,21H,5-7,12H2,1-4H3. The van der Waals surface area contributed by atoms with Gasteiger partial charge in [0.2, 0.25) is 0 Å². The van der Waals surface area contributed by atoms with Crippen molar-refractivity contribution in [2.75, 3.05) is 13.2 Å². The van der Waals surface area contributed by atoms with Gasteiger partial charge in [-0.2, -0.15) is 0 Å². The third-order valence-corrected chi connectivity index (χ3v) is 5.60. The number of rotatable bonds is 5. The molecule has 29 heavy (non-hydrogen) atoms. The third kappa shape index (κ3) is 3.55. The number of carbonyl (C=O) groups is 1. The van der Waals surface area contributed by atoms with E-state index in [9.17, 15) is 4.79 Å². The Morgan fingerprint density at radius 1 is 1.21 bits per heavy atom. The van der Waals surface area contributed by atoms with Gasteiger partial charge in [-0.1, -0.05) is 17.3 Å². The van der Waals surface area contributed by atoms with Gasteiger partial charge in [-0.25, -0.2) is 0 Å². The number of aromatic nitrogens is 2. The fraction of sp³-hybridized carbons (Fsp3) is 0.391. The van der Waals surface area contributed by atoms with Crippen LogP contribution in [0.5, 0.6) is 5.75 Å². The highest BCUT2D eigenvalue weighted by Crippen LogP contribution is 2.35. The van der Waals surface area contributed by atoms with Gasteiger partial charge in [-0.05, 0) is 64.3 Å². The quantitative estimate of drug-likeness (QED) is 0.627. The molecule has 0 radical (unpaired) electrons. The molecule has 152 valence electrons. The van der Waals surface area contributed by atoms with E-state index in [1.165, 1.54) is 0 Å². The Bertz CT molecular complexity index is 1020. The monoisotopic (exact) mass is 393 g/mol. The number of aryl methyl sites for hydroxylation is 2. The number of amides is 1. The van der Waals surface area contributed by atoms with Crippen molar-refractivity contribution in [1.29, 1.82) is 0 Å². The summed E-state index contributed by atoms with van der Waals surface area (Å²) < 4.78 is 12.7. The first kappa shape index (κ1) is 19.3. The minimum Gasteiger partial charge on any atom is -0.494 e. The van der Waals surface area contributed by atoms with Crippen molar-refractivity contribution in [2.24, 2.45) is 0 Å². The molecule has 1 saturated heterocycles. The lowest BCUT2D eigenvalue weighted by molar-refractivity contribution is 0.0735. The number of benzene rings is 1. The average Bonchev–Trinajstić information content (AvgIpc) is 3.41. The van der Waals surface area contributed by atoms with Crippen LogP contribution in [0, 0.1) is 20.8 Å². The van der Waals surface area contributed by atoms with E-state index in [4.69, 9.17) is 9.26 Å². The zero-order chi connectivity index (χ0) is 20.5. The second-order valence-electron chi connectivity index (χ2n) is 7.57. The molecule has 0 bridgehead atoms. The Balaban J connectivity index is 1.62. The molecule has 4 rings (SSSR count). The lowest BCUT2D eigenvalue weighted by atomic mass is 10.0. The molecule has 1 aliphatic heterocycles. The van der Waals surface area contributed by atoms with E-state index < -0.39 is 0 Å². The molecule has 1 amide bonds. The topological polar surface area (TPSA) is 60.5 Å². The molecule has 1 unspecified atom stereocenters. The summed E-state index contributed by atoms with van der Waals surface area (Å²) in [7, 11) is 0. The van der Waals surface area contributed by atoms with Crippen molar-refractivity contribution >= 4 is 5.91 Å². The lowest BCUT2D eigenvalue weighted by Crippen LogP contribution is -2.30. The number of ether oxygens (including phenoxy) is 1. The summed E-state index contributed by atoms with van der Waals surface area (Å²) in [5.41, 5.74) is 3.73. The van der Waals surface area contributed by atoms with Crippen LogP contribution in [0.3, 0.4) is 0 Å². The molecule has 3 heterocycles. The van der Waals surface area contributed by atoms with Crippen molar-refractivity contribution in [3.05, 3.63) is 64.7 Å². The molecular formula is C23H27N3O3. The largest absolute Gasteiger partial charge is 0.494 e. The molecule has 3 aromatic rings. The van der Waals surface area contributed by atoms with Crippen LogP contribution in [0.25, 0.3) is 5.82 Å². The highest BCUT2D eigenvalue weighted by atomic mass is 16.5.